The lowest BCUT2D eigenvalue weighted by atomic mass is 10.2. The summed E-state index contributed by atoms with van der Waals surface area (Å²) in [5.41, 5.74) is 1.05. The fourth-order valence-corrected chi connectivity index (χ4v) is 2.69. The van der Waals surface area contributed by atoms with Crippen molar-refractivity contribution in [3.63, 3.8) is 0 Å². The van der Waals surface area contributed by atoms with Crippen molar-refractivity contribution in [1.82, 2.24) is 9.97 Å². The molecule has 4 nitrogen and oxygen atoms in total. The van der Waals surface area contributed by atoms with Crippen molar-refractivity contribution in [2.75, 3.05) is 25.6 Å². The van der Waals surface area contributed by atoms with Crippen molar-refractivity contribution >= 4 is 17.6 Å². The first-order valence-corrected chi connectivity index (χ1v) is 6.61. The summed E-state index contributed by atoms with van der Waals surface area (Å²) in [4.78, 5) is 8.61. The SMILES string of the molecule is CNc1cnc(CSC2CCOCC2)cn1. The second kappa shape index (κ2) is 6.06. The molecule has 1 saturated heterocycles. The van der Waals surface area contributed by atoms with Gasteiger partial charge in [-0.3, -0.25) is 4.98 Å². The lowest BCUT2D eigenvalue weighted by Gasteiger charge is -2.21. The van der Waals surface area contributed by atoms with Gasteiger partial charge in [0.1, 0.15) is 5.82 Å². The molecule has 0 amide bonds. The molecule has 2 rings (SSSR count). The highest BCUT2D eigenvalue weighted by Crippen LogP contribution is 2.24. The fourth-order valence-electron chi connectivity index (χ4n) is 1.60. The summed E-state index contributed by atoms with van der Waals surface area (Å²) in [5, 5.41) is 3.68. The van der Waals surface area contributed by atoms with Gasteiger partial charge in [-0.1, -0.05) is 0 Å². The van der Waals surface area contributed by atoms with Gasteiger partial charge in [0.15, 0.2) is 0 Å². The number of hydrogen-bond acceptors (Lipinski definition) is 5. The van der Waals surface area contributed by atoms with Crippen LogP contribution in [0.25, 0.3) is 0 Å². The second-order valence-corrected chi connectivity index (χ2v) is 5.05. The van der Waals surface area contributed by atoms with Gasteiger partial charge in [0.05, 0.1) is 18.1 Å². The Kier molecular flexibility index (Phi) is 4.42. The first kappa shape index (κ1) is 11.7. The maximum atomic E-state index is 5.33. The van der Waals surface area contributed by atoms with Gasteiger partial charge in [0, 0.05) is 31.3 Å². The topological polar surface area (TPSA) is 47.0 Å². The van der Waals surface area contributed by atoms with E-state index in [1.54, 1.807) is 6.20 Å². The third kappa shape index (κ3) is 3.35. The molecule has 1 aromatic rings. The molecule has 0 aliphatic carbocycles. The van der Waals surface area contributed by atoms with Crippen LogP contribution in [0.3, 0.4) is 0 Å². The zero-order valence-corrected chi connectivity index (χ0v) is 10.3. The van der Waals surface area contributed by atoms with Gasteiger partial charge < -0.3 is 10.1 Å². The molecule has 0 atom stereocenters. The molecule has 0 spiro atoms. The van der Waals surface area contributed by atoms with Gasteiger partial charge in [-0.2, -0.15) is 11.8 Å². The Morgan fingerprint density at radius 3 is 2.81 bits per heavy atom. The highest BCUT2D eigenvalue weighted by Gasteiger charge is 2.14. The molecule has 16 heavy (non-hydrogen) atoms. The molecule has 1 aliphatic heterocycles. The highest BCUT2D eigenvalue weighted by molar-refractivity contribution is 7.99. The molecule has 0 bridgehead atoms. The van der Waals surface area contributed by atoms with E-state index in [1.807, 2.05) is 25.0 Å². The number of rotatable bonds is 4. The molecule has 0 aromatic carbocycles. The summed E-state index contributed by atoms with van der Waals surface area (Å²) >= 11 is 1.96. The summed E-state index contributed by atoms with van der Waals surface area (Å²) in [7, 11) is 1.85. The van der Waals surface area contributed by atoms with Crippen molar-refractivity contribution in [2.45, 2.75) is 23.8 Å². The fraction of sp³-hybridized carbons (Fsp3) is 0.636. The van der Waals surface area contributed by atoms with E-state index in [0.717, 1.165) is 48.6 Å². The van der Waals surface area contributed by atoms with Gasteiger partial charge in [0.25, 0.3) is 0 Å². The summed E-state index contributed by atoms with van der Waals surface area (Å²) in [6.45, 7) is 1.81. The quantitative estimate of drug-likeness (QED) is 0.870. The van der Waals surface area contributed by atoms with Gasteiger partial charge in [0.2, 0.25) is 0 Å². The number of nitrogens with zero attached hydrogens (tertiary/aromatic N) is 2. The Balaban J connectivity index is 1.79. The Morgan fingerprint density at radius 1 is 1.38 bits per heavy atom. The van der Waals surface area contributed by atoms with Crippen LogP contribution in [0.15, 0.2) is 12.4 Å². The molecular weight excluding hydrogens is 222 g/mol. The molecule has 5 heteroatoms. The summed E-state index contributed by atoms with van der Waals surface area (Å²) in [6.07, 6.45) is 5.94. The van der Waals surface area contributed by atoms with E-state index < -0.39 is 0 Å². The zero-order chi connectivity index (χ0) is 11.2. The summed E-state index contributed by atoms with van der Waals surface area (Å²) < 4.78 is 5.33. The first-order chi connectivity index (χ1) is 7.88. The van der Waals surface area contributed by atoms with E-state index in [4.69, 9.17) is 4.74 Å². The average Bonchev–Trinajstić information content (AvgIpc) is 2.38. The zero-order valence-electron chi connectivity index (χ0n) is 9.48. The van der Waals surface area contributed by atoms with Crippen LogP contribution >= 0.6 is 11.8 Å². The van der Waals surface area contributed by atoms with E-state index in [2.05, 4.69) is 15.3 Å². The van der Waals surface area contributed by atoms with Crippen LogP contribution in [0.2, 0.25) is 0 Å². The van der Waals surface area contributed by atoms with Crippen LogP contribution < -0.4 is 5.32 Å². The minimum Gasteiger partial charge on any atom is -0.381 e. The lowest BCUT2D eigenvalue weighted by Crippen LogP contribution is -2.17. The van der Waals surface area contributed by atoms with Crippen molar-refractivity contribution < 1.29 is 4.74 Å². The molecule has 0 saturated carbocycles. The maximum absolute atomic E-state index is 5.33. The Morgan fingerprint density at radius 2 is 2.19 bits per heavy atom. The second-order valence-electron chi connectivity index (χ2n) is 3.77. The van der Waals surface area contributed by atoms with Crippen molar-refractivity contribution in [1.29, 1.82) is 0 Å². The smallest absolute Gasteiger partial charge is 0.144 e. The van der Waals surface area contributed by atoms with Gasteiger partial charge in [-0.15, -0.1) is 0 Å². The van der Waals surface area contributed by atoms with Crippen molar-refractivity contribution in [2.24, 2.45) is 0 Å². The van der Waals surface area contributed by atoms with Crippen LogP contribution in [-0.2, 0) is 10.5 Å². The third-order valence-electron chi connectivity index (χ3n) is 2.60. The Hall–Kier alpha value is -0.810. The number of hydrogen-bond donors (Lipinski definition) is 1. The lowest BCUT2D eigenvalue weighted by molar-refractivity contribution is 0.1000. The Bertz CT molecular complexity index is 312. The summed E-state index contributed by atoms with van der Waals surface area (Å²) in [6, 6.07) is 0. The average molecular weight is 239 g/mol. The minimum atomic E-state index is 0.722. The third-order valence-corrected chi connectivity index (χ3v) is 4.00. The van der Waals surface area contributed by atoms with Crippen LogP contribution in [0, 0.1) is 0 Å². The largest absolute Gasteiger partial charge is 0.381 e. The molecule has 88 valence electrons. The molecule has 1 aliphatic rings. The first-order valence-electron chi connectivity index (χ1n) is 5.56. The monoisotopic (exact) mass is 239 g/mol. The van der Waals surface area contributed by atoms with E-state index in [9.17, 15) is 0 Å². The van der Waals surface area contributed by atoms with E-state index in [0.29, 0.717) is 0 Å². The number of thioether (sulfide) groups is 1. The van der Waals surface area contributed by atoms with Crippen molar-refractivity contribution in [3.8, 4) is 0 Å². The molecule has 1 aromatic heterocycles. The molecule has 2 heterocycles. The van der Waals surface area contributed by atoms with Gasteiger partial charge in [-0.05, 0) is 12.8 Å². The van der Waals surface area contributed by atoms with Crippen LogP contribution in [0.1, 0.15) is 18.5 Å². The van der Waals surface area contributed by atoms with E-state index in [1.165, 1.54) is 0 Å². The Labute approximate surface area is 100 Å². The van der Waals surface area contributed by atoms with E-state index >= 15 is 0 Å². The number of aromatic nitrogens is 2. The molecular formula is C11H17N3OS. The highest BCUT2D eigenvalue weighted by atomic mass is 32.2. The van der Waals surface area contributed by atoms with E-state index in [-0.39, 0.29) is 0 Å². The molecule has 0 unspecified atom stereocenters. The normalized spacial score (nSPS) is 17.3. The predicted octanol–water partition coefficient (Wildman–Crippen LogP) is 1.93. The number of anilines is 1. The standard InChI is InChI=1S/C11H17N3OS/c1-12-11-7-13-9(6-14-11)8-16-10-2-4-15-5-3-10/h6-7,10H,2-5,8H2,1H3,(H,12,14). The molecule has 0 radical (unpaired) electrons. The predicted molar refractivity (Wildman–Crippen MR) is 66.7 cm³/mol. The van der Waals surface area contributed by atoms with Crippen LogP contribution in [-0.4, -0.2) is 35.5 Å². The van der Waals surface area contributed by atoms with Crippen LogP contribution in [0.4, 0.5) is 5.82 Å². The van der Waals surface area contributed by atoms with Crippen molar-refractivity contribution in [3.05, 3.63) is 18.1 Å². The minimum absolute atomic E-state index is 0.722. The summed E-state index contributed by atoms with van der Waals surface area (Å²) in [5.74, 6) is 1.77. The maximum Gasteiger partial charge on any atom is 0.144 e. The number of ether oxygens (including phenoxy) is 1. The van der Waals surface area contributed by atoms with Gasteiger partial charge >= 0.3 is 0 Å². The number of nitrogens with one attached hydrogen (secondary N) is 1. The molecule has 1 fully saturated rings. The van der Waals surface area contributed by atoms with Gasteiger partial charge in [-0.25, -0.2) is 4.98 Å². The van der Waals surface area contributed by atoms with Crippen LogP contribution in [0.5, 0.6) is 0 Å². The molecule has 1 N–H and O–H groups in total.